The van der Waals surface area contributed by atoms with Crippen LogP contribution < -0.4 is 18.9 Å². The third-order valence-electron chi connectivity index (χ3n) is 7.26. The van der Waals surface area contributed by atoms with Gasteiger partial charge in [-0.1, -0.05) is 32.1 Å². The van der Waals surface area contributed by atoms with Gasteiger partial charge in [0.1, 0.15) is 11.5 Å². The maximum Gasteiger partial charge on any atom is 0.335 e. The van der Waals surface area contributed by atoms with E-state index in [1.54, 1.807) is 40.6 Å². The molecule has 0 radical (unpaired) electrons. The minimum absolute atomic E-state index is 0.0371. The number of allylic oxidation sites excluding steroid dienone is 4. The monoisotopic (exact) mass is 476 g/mol. The first-order valence-electron chi connectivity index (χ1n) is 11.6. The van der Waals surface area contributed by atoms with Gasteiger partial charge in [0.15, 0.2) is 11.5 Å². The summed E-state index contributed by atoms with van der Waals surface area (Å²) in [5.41, 5.74) is 4.89. The maximum absolute atomic E-state index is 12.2. The number of fused-ring (bicyclic) bond motifs is 1. The normalized spacial score (nSPS) is 20.5. The zero-order valence-electron chi connectivity index (χ0n) is 21.1. The number of hydrogen-bond donors (Lipinski definition) is 1. The van der Waals surface area contributed by atoms with E-state index in [4.69, 9.17) is 18.9 Å². The molecular weight excluding hydrogens is 444 g/mol. The van der Waals surface area contributed by atoms with E-state index in [2.05, 4.69) is 19.9 Å². The number of carbonyl (C=O) groups is 1. The Bertz CT molecular complexity index is 1250. The lowest BCUT2D eigenvalue weighted by Gasteiger charge is -2.43. The molecule has 0 saturated heterocycles. The highest BCUT2D eigenvalue weighted by Gasteiger charge is 2.43. The highest BCUT2D eigenvalue weighted by molar-refractivity contribution is 5.98. The van der Waals surface area contributed by atoms with Crippen molar-refractivity contribution < 1.29 is 28.8 Å². The van der Waals surface area contributed by atoms with Gasteiger partial charge in [0.05, 0.1) is 34.0 Å². The summed E-state index contributed by atoms with van der Waals surface area (Å²) < 4.78 is 22.5. The largest absolute Gasteiger partial charge is 0.497 e. The van der Waals surface area contributed by atoms with Crippen LogP contribution in [0.4, 0.5) is 0 Å². The summed E-state index contributed by atoms with van der Waals surface area (Å²) in [6.45, 7) is 4.42. The molecule has 1 atom stereocenters. The van der Waals surface area contributed by atoms with E-state index in [1.165, 1.54) is 0 Å². The van der Waals surface area contributed by atoms with Crippen LogP contribution in [0.3, 0.4) is 0 Å². The number of hydrogen-bond acceptors (Lipinski definition) is 5. The fourth-order valence-corrected chi connectivity index (χ4v) is 5.36. The molecule has 2 aliphatic carbocycles. The van der Waals surface area contributed by atoms with Crippen LogP contribution in [-0.2, 0) is 10.2 Å². The molecule has 0 heterocycles. The lowest BCUT2D eigenvalue weighted by atomic mass is 9.60. The molecule has 6 nitrogen and oxygen atoms in total. The second-order valence-corrected chi connectivity index (χ2v) is 9.32. The molecule has 0 aliphatic heterocycles. The Hall–Kier alpha value is -3.67. The molecule has 0 aromatic heterocycles. The van der Waals surface area contributed by atoms with Crippen LogP contribution in [0.15, 0.2) is 59.7 Å². The van der Waals surface area contributed by atoms with E-state index < -0.39 is 5.97 Å². The van der Waals surface area contributed by atoms with E-state index in [0.29, 0.717) is 41.4 Å². The van der Waals surface area contributed by atoms with Gasteiger partial charge in [-0.15, -0.1) is 0 Å². The minimum Gasteiger partial charge on any atom is -0.497 e. The Morgan fingerprint density at radius 3 is 2.26 bits per heavy atom. The smallest absolute Gasteiger partial charge is 0.335 e. The molecule has 2 aromatic rings. The van der Waals surface area contributed by atoms with E-state index >= 15 is 0 Å². The Kier molecular flexibility index (Phi) is 6.66. The van der Waals surface area contributed by atoms with Crippen LogP contribution in [0, 0.1) is 0 Å². The van der Waals surface area contributed by atoms with E-state index in [9.17, 15) is 9.90 Å². The van der Waals surface area contributed by atoms with Crippen LogP contribution in [-0.4, -0.2) is 39.5 Å². The molecule has 2 aromatic carbocycles. The second-order valence-electron chi connectivity index (χ2n) is 9.32. The van der Waals surface area contributed by atoms with Crippen molar-refractivity contribution in [2.24, 2.45) is 0 Å². The SMILES string of the molecule is COc1cc(OC)c2c(c1)C(C)(C)C(c1ccc(OC)c(OC)c1)CC2=C1CC=CC=C1C(=O)O. The molecule has 0 spiro atoms. The Balaban J connectivity index is 2.03. The van der Waals surface area contributed by atoms with Crippen LogP contribution in [0.5, 0.6) is 23.0 Å². The Morgan fingerprint density at radius 2 is 1.63 bits per heavy atom. The first-order chi connectivity index (χ1) is 16.8. The van der Waals surface area contributed by atoms with Gasteiger partial charge in [-0.3, -0.25) is 0 Å². The van der Waals surface area contributed by atoms with Crippen LogP contribution >= 0.6 is 0 Å². The quantitative estimate of drug-likeness (QED) is 0.559. The predicted molar refractivity (Wildman–Crippen MR) is 136 cm³/mol. The molecular formula is C29H32O6. The van der Waals surface area contributed by atoms with E-state index in [0.717, 1.165) is 27.8 Å². The van der Waals surface area contributed by atoms with Crippen LogP contribution in [0.25, 0.3) is 5.57 Å². The van der Waals surface area contributed by atoms with Crippen molar-refractivity contribution in [2.45, 2.75) is 38.0 Å². The summed E-state index contributed by atoms with van der Waals surface area (Å²) in [4.78, 5) is 12.2. The van der Waals surface area contributed by atoms with Gasteiger partial charge in [0.25, 0.3) is 0 Å². The number of benzene rings is 2. The van der Waals surface area contributed by atoms with Crippen molar-refractivity contribution in [3.8, 4) is 23.0 Å². The van der Waals surface area contributed by atoms with Gasteiger partial charge in [0.2, 0.25) is 0 Å². The van der Waals surface area contributed by atoms with Gasteiger partial charge in [-0.05, 0) is 70.7 Å². The van der Waals surface area contributed by atoms with Gasteiger partial charge in [-0.2, -0.15) is 0 Å². The van der Waals surface area contributed by atoms with E-state index in [-0.39, 0.29) is 11.3 Å². The number of carboxylic acid groups (broad SMARTS) is 1. The van der Waals surface area contributed by atoms with E-state index in [1.807, 2.05) is 30.3 Å². The molecule has 1 unspecified atom stereocenters. The molecule has 2 aliphatic rings. The Morgan fingerprint density at radius 1 is 0.914 bits per heavy atom. The lowest BCUT2D eigenvalue weighted by molar-refractivity contribution is -0.132. The molecule has 6 heteroatoms. The van der Waals surface area contributed by atoms with Crippen molar-refractivity contribution in [3.05, 3.63) is 76.4 Å². The standard InChI is InChI=1S/C29H32O6/c1-29(2)22(17-11-12-24(33-4)25(13-17)34-5)16-21(19-9-7-8-10-20(19)28(30)31)27-23(29)14-18(32-3)15-26(27)35-6/h7-8,10-15,22H,9,16H2,1-6H3,(H,30,31). The number of aliphatic carboxylic acids is 1. The average Bonchev–Trinajstić information content (AvgIpc) is 2.87. The lowest BCUT2D eigenvalue weighted by Crippen LogP contribution is -2.33. The molecule has 1 N–H and O–H groups in total. The fourth-order valence-electron chi connectivity index (χ4n) is 5.36. The number of rotatable bonds is 6. The van der Waals surface area contributed by atoms with Crippen molar-refractivity contribution in [1.29, 1.82) is 0 Å². The third-order valence-corrected chi connectivity index (χ3v) is 7.26. The number of ether oxygens (including phenoxy) is 4. The molecule has 0 saturated carbocycles. The zero-order valence-corrected chi connectivity index (χ0v) is 21.1. The fraction of sp³-hybridized carbons (Fsp3) is 0.345. The van der Waals surface area contributed by atoms with Crippen molar-refractivity contribution in [2.75, 3.05) is 28.4 Å². The summed E-state index contributed by atoms with van der Waals surface area (Å²) in [5.74, 6) is 1.81. The minimum atomic E-state index is -0.932. The molecule has 0 amide bonds. The van der Waals surface area contributed by atoms with Crippen LogP contribution in [0.2, 0.25) is 0 Å². The highest BCUT2D eigenvalue weighted by Crippen LogP contribution is 2.56. The van der Waals surface area contributed by atoms with Crippen molar-refractivity contribution in [3.63, 3.8) is 0 Å². The molecule has 4 rings (SSSR count). The first kappa shape index (κ1) is 24.5. The van der Waals surface area contributed by atoms with Crippen molar-refractivity contribution in [1.82, 2.24) is 0 Å². The summed E-state index contributed by atoms with van der Waals surface area (Å²) in [7, 11) is 6.53. The number of methoxy groups -OCH3 is 4. The topological polar surface area (TPSA) is 74.2 Å². The summed E-state index contributed by atoms with van der Waals surface area (Å²) in [5, 5.41) is 9.99. The van der Waals surface area contributed by atoms with Gasteiger partial charge < -0.3 is 24.1 Å². The highest BCUT2D eigenvalue weighted by atomic mass is 16.5. The van der Waals surface area contributed by atoms with Gasteiger partial charge in [-0.25, -0.2) is 4.79 Å². The summed E-state index contributed by atoms with van der Waals surface area (Å²) >= 11 is 0. The first-order valence-corrected chi connectivity index (χ1v) is 11.6. The van der Waals surface area contributed by atoms with Crippen molar-refractivity contribution >= 4 is 11.5 Å². The molecule has 35 heavy (non-hydrogen) atoms. The average molecular weight is 477 g/mol. The predicted octanol–water partition coefficient (Wildman–Crippen LogP) is 5.91. The zero-order chi connectivity index (χ0) is 25.3. The number of carboxylic acids is 1. The molecule has 0 bridgehead atoms. The van der Waals surface area contributed by atoms with Crippen LogP contribution in [0.1, 0.15) is 49.3 Å². The van der Waals surface area contributed by atoms with Gasteiger partial charge in [0, 0.05) is 11.6 Å². The Labute approximate surface area is 206 Å². The summed E-state index contributed by atoms with van der Waals surface area (Å²) in [6, 6.07) is 9.92. The summed E-state index contributed by atoms with van der Waals surface area (Å²) in [6.07, 6.45) is 6.66. The molecule has 0 fully saturated rings. The van der Waals surface area contributed by atoms with Gasteiger partial charge >= 0.3 is 5.97 Å². The maximum atomic E-state index is 12.2. The second kappa shape index (κ2) is 9.53. The third kappa shape index (κ3) is 4.18. The molecule has 184 valence electrons.